The third kappa shape index (κ3) is 5.23. The van der Waals surface area contributed by atoms with Crippen molar-refractivity contribution in [3.05, 3.63) is 0 Å². The molecule has 0 amide bonds. The van der Waals surface area contributed by atoms with Crippen molar-refractivity contribution in [2.24, 2.45) is 11.7 Å². The lowest BCUT2D eigenvalue weighted by Gasteiger charge is -2.30. The second-order valence-electron chi connectivity index (χ2n) is 4.61. The van der Waals surface area contributed by atoms with E-state index in [1.807, 2.05) is 11.8 Å². The Morgan fingerprint density at radius 3 is 2.67 bits per heavy atom. The van der Waals surface area contributed by atoms with Crippen LogP contribution in [0.3, 0.4) is 0 Å². The van der Waals surface area contributed by atoms with Gasteiger partial charge in [0.2, 0.25) is 0 Å². The molecule has 15 heavy (non-hydrogen) atoms. The van der Waals surface area contributed by atoms with Gasteiger partial charge in [0.1, 0.15) is 0 Å². The average molecular weight is 230 g/mol. The van der Waals surface area contributed by atoms with Gasteiger partial charge in [-0.05, 0) is 50.2 Å². The van der Waals surface area contributed by atoms with E-state index < -0.39 is 0 Å². The van der Waals surface area contributed by atoms with Crippen LogP contribution in [0.25, 0.3) is 0 Å². The van der Waals surface area contributed by atoms with Crippen molar-refractivity contribution in [2.75, 3.05) is 31.6 Å². The van der Waals surface area contributed by atoms with E-state index in [0.717, 1.165) is 12.5 Å². The maximum absolute atomic E-state index is 5.89. The molecule has 1 rings (SSSR count). The Hall–Kier alpha value is 0.270. The second kappa shape index (κ2) is 7.53. The Morgan fingerprint density at radius 1 is 1.47 bits per heavy atom. The van der Waals surface area contributed by atoms with Crippen molar-refractivity contribution in [3.63, 3.8) is 0 Å². The summed E-state index contributed by atoms with van der Waals surface area (Å²) in [5, 5.41) is 0. The first-order valence-electron chi connectivity index (χ1n) is 6.24. The smallest absolute Gasteiger partial charge is 0.0226 e. The van der Waals surface area contributed by atoms with E-state index in [1.54, 1.807) is 0 Å². The summed E-state index contributed by atoms with van der Waals surface area (Å²) in [4.78, 5) is 2.63. The molecule has 1 fully saturated rings. The lowest BCUT2D eigenvalue weighted by Crippen LogP contribution is -2.42. The maximum Gasteiger partial charge on any atom is 0.0226 e. The van der Waals surface area contributed by atoms with Crippen molar-refractivity contribution < 1.29 is 0 Å². The molecule has 0 heterocycles. The molecule has 0 aromatic rings. The molecule has 0 aromatic heterocycles. The molecule has 0 aromatic carbocycles. The van der Waals surface area contributed by atoms with E-state index in [-0.39, 0.29) is 0 Å². The van der Waals surface area contributed by atoms with E-state index in [4.69, 9.17) is 5.73 Å². The van der Waals surface area contributed by atoms with Crippen molar-refractivity contribution in [1.82, 2.24) is 4.90 Å². The predicted molar refractivity (Wildman–Crippen MR) is 70.4 cm³/mol. The van der Waals surface area contributed by atoms with Gasteiger partial charge in [0, 0.05) is 19.1 Å². The SMILES string of the molecule is CCCN(CC1CC1)C(CN)CCSC. The first kappa shape index (κ1) is 13.3. The van der Waals surface area contributed by atoms with Crippen LogP contribution in [0, 0.1) is 5.92 Å². The summed E-state index contributed by atoms with van der Waals surface area (Å²) in [6, 6.07) is 0.623. The highest BCUT2D eigenvalue weighted by molar-refractivity contribution is 7.98. The summed E-state index contributed by atoms with van der Waals surface area (Å²) in [5.74, 6) is 2.23. The number of thioether (sulfide) groups is 1. The summed E-state index contributed by atoms with van der Waals surface area (Å²) in [6.45, 7) is 5.62. The minimum atomic E-state index is 0.623. The lowest BCUT2D eigenvalue weighted by molar-refractivity contribution is 0.188. The van der Waals surface area contributed by atoms with Gasteiger partial charge in [-0.25, -0.2) is 0 Å². The molecule has 1 atom stereocenters. The van der Waals surface area contributed by atoms with Crippen LogP contribution in [0.4, 0.5) is 0 Å². The molecule has 0 saturated heterocycles. The van der Waals surface area contributed by atoms with Crippen molar-refractivity contribution >= 4 is 11.8 Å². The molecule has 2 N–H and O–H groups in total. The Kier molecular flexibility index (Phi) is 6.69. The lowest BCUT2D eigenvalue weighted by atomic mass is 10.1. The van der Waals surface area contributed by atoms with Gasteiger partial charge in [-0.2, -0.15) is 11.8 Å². The van der Waals surface area contributed by atoms with Crippen molar-refractivity contribution in [2.45, 2.75) is 38.6 Å². The number of nitrogens with two attached hydrogens (primary N) is 1. The van der Waals surface area contributed by atoms with Gasteiger partial charge in [0.15, 0.2) is 0 Å². The molecular formula is C12H26N2S. The Bertz CT molecular complexity index is 160. The molecule has 2 nitrogen and oxygen atoms in total. The summed E-state index contributed by atoms with van der Waals surface area (Å²) in [5.41, 5.74) is 5.89. The zero-order chi connectivity index (χ0) is 11.1. The Morgan fingerprint density at radius 2 is 2.20 bits per heavy atom. The average Bonchev–Trinajstić information content (AvgIpc) is 3.03. The highest BCUT2D eigenvalue weighted by Crippen LogP contribution is 2.30. The summed E-state index contributed by atoms with van der Waals surface area (Å²) < 4.78 is 0. The van der Waals surface area contributed by atoms with Gasteiger partial charge >= 0.3 is 0 Å². The molecular weight excluding hydrogens is 204 g/mol. The van der Waals surface area contributed by atoms with Gasteiger partial charge < -0.3 is 5.73 Å². The fraction of sp³-hybridized carbons (Fsp3) is 1.00. The second-order valence-corrected chi connectivity index (χ2v) is 5.59. The molecule has 1 saturated carbocycles. The standard InChI is InChI=1S/C12H26N2S/c1-3-7-14(10-11-4-5-11)12(9-13)6-8-15-2/h11-12H,3-10,13H2,1-2H3. The molecule has 0 bridgehead atoms. The van der Waals surface area contributed by atoms with Crippen LogP contribution in [-0.2, 0) is 0 Å². The molecule has 0 radical (unpaired) electrons. The number of hydrogen-bond acceptors (Lipinski definition) is 3. The van der Waals surface area contributed by atoms with E-state index >= 15 is 0 Å². The molecule has 1 aliphatic rings. The number of hydrogen-bond donors (Lipinski definition) is 1. The van der Waals surface area contributed by atoms with Crippen LogP contribution in [0.2, 0.25) is 0 Å². The molecule has 3 heteroatoms. The highest BCUT2D eigenvalue weighted by Gasteiger charge is 2.26. The van der Waals surface area contributed by atoms with Gasteiger partial charge in [0.25, 0.3) is 0 Å². The van der Waals surface area contributed by atoms with Crippen LogP contribution >= 0.6 is 11.8 Å². The quantitative estimate of drug-likeness (QED) is 0.658. The fourth-order valence-electron chi connectivity index (χ4n) is 2.05. The highest BCUT2D eigenvalue weighted by atomic mass is 32.2. The normalized spacial score (nSPS) is 18.4. The first-order valence-corrected chi connectivity index (χ1v) is 7.64. The van der Waals surface area contributed by atoms with Crippen molar-refractivity contribution in [3.8, 4) is 0 Å². The van der Waals surface area contributed by atoms with Gasteiger partial charge in [-0.15, -0.1) is 0 Å². The Balaban J connectivity index is 2.33. The zero-order valence-corrected chi connectivity index (χ0v) is 11.1. The summed E-state index contributed by atoms with van der Waals surface area (Å²) in [6.07, 6.45) is 7.57. The van der Waals surface area contributed by atoms with Gasteiger partial charge in [-0.3, -0.25) is 4.90 Å². The van der Waals surface area contributed by atoms with E-state index in [0.29, 0.717) is 6.04 Å². The van der Waals surface area contributed by atoms with Gasteiger partial charge in [0.05, 0.1) is 0 Å². The minimum absolute atomic E-state index is 0.623. The minimum Gasteiger partial charge on any atom is -0.329 e. The Labute approximate surface area is 99.0 Å². The largest absolute Gasteiger partial charge is 0.329 e. The third-order valence-electron chi connectivity index (χ3n) is 3.14. The van der Waals surface area contributed by atoms with Gasteiger partial charge in [-0.1, -0.05) is 6.92 Å². The van der Waals surface area contributed by atoms with E-state index in [1.165, 1.54) is 44.5 Å². The molecule has 0 aliphatic heterocycles. The van der Waals surface area contributed by atoms with Crippen molar-refractivity contribution in [1.29, 1.82) is 0 Å². The summed E-state index contributed by atoms with van der Waals surface area (Å²) >= 11 is 1.93. The van der Waals surface area contributed by atoms with Crippen LogP contribution < -0.4 is 5.73 Å². The van der Waals surface area contributed by atoms with E-state index in [2.05, 4.69) is 18.1 Å². The monoisotopic (exact) mass is 230 g/mol. The topological polar surface area (TPSA) is 29.3 Å². The zero-order valence-electron chi connectivity index (χ0n) is 10.2. The predicted octanol–water partition coefficient (Wildman–Crippen LogP) is 2.19. The van der Waals surface area contributed by atoms with E-state index in [9.17, 15) is 0 Å². The summed E-state index contributed by atoms with van der Waals surface area (Å²) in [7, 11) is 0. The number of rotatable bonds is 9. The van der Waals surface area contributed by atoms with Crippen LogP contribution in [0.5, 0.6) is 0 Å². The molecule has 1 unspecified atom stereocenters. The fourth-order valence-corrected chi connectivity index (χ4v) is 2.55. The third-order valence-corrected chi connectivity index (χ3v) is 3.79. The first-order chi connectivity index (χ1) is 7.31. The van der Waals surface area contributed by atoms with Crippen LogP contribution in [-0.4, -0.2) is 42.6 Å². The van der Waals surface area contributed by atoms with Crippen LogP contribution in [0.1, 0.15) is 32.6 Å². The molecule has 0 spiro atoms. The molecule has 1 aliphatic carbocycles. The maximum atomic E-state index is 5.89. The van der Waals surface area contributed by atoms with Crippen LogP contribution in [0.15, 0.2) is 0 Å². The number of nitrogens with zero attached hydrogens (tertiary/aromatic N) is 1. The molecule has 90 valence electrons.